The highest BCUT2D eigenvalue weighted by atomic mass is 16.5. The number of ether oxygens (including phenoxy) is 1. The number of hydrogen-bond donors (Lipinski definition) is 2. The van der Waals surface area contributed by atoms with Crippen molar-refractivity contribution in [3.05, 3.63) is 29.3 Å². The highest BCUT2D eigenvalue weighted by molar-refractivity contribution is 5.98. The van der Waals surface area contributed by atoms with Gasteiger partial charge in [-0.05, 0) is 37.0 Å². The first kappa shape index (κ1) is 17.0. The lowest BCUT2D eigenvalue weighted by molar-refractivity contribution is 0.0698. The van der Waals surface area contributed by atoms with Gasteiger partial charge in [0, 0.05) is 0 Å². The van der Waals surface area contributed by atoms with Crippen LogP contribution in [-0.2, 0) is 11.2 Å². The molecule has 1 rings (SSSR count). The average molecular weight is 293 g/mol. The van der Waals surface area contributed by atoms with Crippen LogP contribution in [0, 0.1) is 0 Å². The third-order valence-corrected chi connectivity index (χ3v) is 3.10. The summed E-state index contributed by atoms with van der Waals surface area (Å²) < 4.78 is 4.97. The van der Waals surface area contributed by atoms with Crippen LogP contribution in [0.5, 0.6) is 0 Å². The van der Waals surface area contributed by atoms with E-state index in [4.69, 9.17) is 4.74 Å². The fraction of sp³-hybridized carbons (Fsp3) is 0.500. The van der Waals surface area contributed by atoms with Crippen molar-refractivity contribution in [3.8, 4) is 0 Å². The molecule has 5 heteroatoms. The summed E-state index contributed by atoms with van der Waals surface area (Å²) >= 11 is 0. The van der Waals surface area contributed by atoms with Gasteiger partial charge in [0.1, 0.15) is 0 Å². The van der Waals surface area contributed by atoms with E-state index in [1.54, 1.807) is 12.1 Å². The number of aryl methyl sites for hydroxylation is 1. The normalized spacial score (nSPS) is 10.2. The van der Waals surface area contributed by atoms with Gasteiger partial charge in [-0.2, -0.15) is 0 Å². The van der Waals surface area contributed by atoms with Gasteiger partial charge >= 0.3 is 12.1 Å². The number of carboxylic acids is 1. The van der Waals surface area contributed by atoms with Gasteiger partial charge in [-0.25, -0.2) is 9.59 Å². The molecule has 0 aromatic heterocycles. The smallest absolute Gasteiger partial charge is 0.411 e. The molecule has 1 aromatic rings. The molecule has 0 bridgehead atoms. The molecule has 0 radical (unpaired) electrons. The first-order valence-corrected chi connectivity index (χ1v) is 7.38. The molecule has 0 aliphatic carbocycles. The number of aromatic carboxylic acids is 1. The second-order valence-corrected chi connectivity index (χ2v) is 4.90. The van der Waals surface area contributed by atoms with Crippen LogP contribution < -0.4 is 5.32 Å². The predicted molar refractivity (Wildman–Crippen MR) is 81.9 cm³/mol. The van der Waals surface area contributed by atoms with Crippen LogP contribution in [0.25, 0.3) is 0 Å². The topological polar surface area (TPSA) is 75.6 Å². The molecule has 116 valence electrons. The number of carbonyl (C=O) groups excluding carboxylic acids is 1. The van der Waals surface area contributed by atoms with Gasteiger partial charge in [-0.1, -0.05) is 32.8 Å². The molecular formula is C16H23NO4. The summed E-state index contributed by atoms with van der Waals surface area (Å²) in [5.41, 5.74) is 1.32. The molecule has 0 spiro atoms. The molecule has 1 aromatic carbocycles. The summed E-state index contributed by atoms with van der Waals surface area (Å²) in [5.74, 6) is -1.06. The van der Waals surface area contributed by atoms with Gasteiger partial charge in [-0.3, -0.25) is 5.32 Å². The van der Waals surface area contributed by atoms with E-state index < -0.39 is 12.1 Å². The van der Waals surface area contributed by atoms with Gasteiger partial charge in [-0.15, -0.1) is 0 Å². The molecule has 0 saturated heterocycles. The average Bonchev–Trinajstić information content (AvgIpc) is 2.46. The second kappa shape index (κ2) is 9.00. The van der Waals surface area contributed by atoms with Crippen LogP contribution in [0.1, 0.15) is 55.5 Å². The van der Waals surface area contributed by atoms with Crippen LogP contribution in [0.4, 0.5) is 10.5 Å². The standard InChI is InChI=1S/C16H23NO4/c1-3-5-7-12-8-9-14(13(11-12)15(18)19)17-16(20)21-10-6-4-2/h8-9,11H,3-7,10H2,1-2H3,(H,17,20)(H,18,19). The molecule has 5 nitrogen and oxygen atoms in total. The maximum absolute atomic E-state index is 11.6. The third-order valence-electron chi connectivity index (χ3n) is 3.10. The maximum atomic E-state index is 11.6. The Morgan fingerprint density at radius 1 is 1.19 bits per heavy atom. The number of rotatable bonds is 8. The van der Waals surface area contributed by atoms with Crippen LogP contribution in [-0.4, -0.2) is 23.8 Å². The number of unbranched alkanes of at least 4 members (excludes halogenated alkanes) is 2. The molecule has 0 heterocycles. The van der Waals surface area contributed by atoms with E-state index in [-0.39, 0.29) is 11.3 Å². The van der Waals surface area contributed by atoms with Gasteiger partial charge < -0.3 is 9.84 Å². The zero-order valence-electron chi connectivity index (χ0n) is 12.6. The molecule has 1 amide bonds. The fourth-order valence-corrected chi connectivity index (χ4v) is 1.87. The van der Waals surface area contributed by atoms with Crippen molar-refractivity contribution in [2.45, 2.75) is 46.0 Å². The minimum atomic E-state index is -1.06. The summed E-state index contributed by atoms with van der Waals surface area (Å²) in [7, 11) is 0. The van der Waals surface area contributed by atoms with Crippen molar-refractivity contribution >= 4 is 17.7 Å². The molecule has 0 aliphatic rings. The van der Waals surface area contributed by atoms with Crippen molar-refractivity contribution in [1.82, 2.24) is 0 Å². The quantitative estimate of drug-likeness (QED) is 0.708. The molecule has 0 unspecified atom stereocenters. The van der Waals surface area contributed by atoms with Crippen molar-refractivity contribution in [2.24, 2.45) is 0 Å². The number of anilines is 1. The predicted octanol–water partition coefficient (Wildman–Crippen LogP) is 4.08. The van der Waals surface area contributed by atoms with Crippen molar-refractivity contribution in [3.63, 3.8) is 0 Å². The molecule has 2 N–H and O–H groups in total. The van der Waals surface area contributed by atoms with Gasteiger partial charge in [0.05, 0.1) is 17.9 Å². The Morgan fingerprint density at radius 3 is 2.52 bits per heavy atom. The SMILES string of the molecule is CCCCOC(=O)Nc1ccc(CCCC)cc1C(=O)O. The van der Waals surface area contributed by atoms with E-state index in [2.05, 4.69) is 12.2 Å². The van der Waals surface area contributed by atoms with Crippen molar-refractivity contribution < 1.29 is 19.4 Å². The minimum Gasteiger partial charge on any atom is -0.478 e. The Kier molecular flexibility index (Phi) is 7.29. The van der Waals surface area contributed by atoms with E-state index in [1.165, 1.54) is 0 Å². The highest BCUT2D eigenvalue weighted by Gasteiger charge is 2.14. The van der Waals surface area contributed by atoms with Crippen LogP contribution in [0.2, 0.25) is 0 Å². The zero-order valence-corrected chi connectivity index (χ0v) is 12.6. The van der Waals surface area contributed by atoms with Crippen LogP contribution >= 0.6 is 0 Å². The van der Waals surface area contributed by atoms with E-state index >= 15 is 0 Å². The van der Waals surface area contributed by atoms with Gasteiger partial charge in [0.2, 0.25) is 0 Å². The second-order valence-electron chi connectivity index (χ2n) is 4.90. The Labute approximate surface area is 125 Å². The molecule has 0 fully saturated rings. The summed E-state index contributed by atoms with van der Waals surface area (Å²) in [5, 5.41) is 11.7. The first-order valence-electron chi connectivity index (χ1n) is 7.38. The largest absolute Gasteiger partial charge is 0.478 e. The molecular weight excluding hydrogens is 270 g/mol. The Hall–Kier alpha value is -2.04. The fourth-order valence-electron chi connectivity index (χ4n) is 1.87. The Morgan fingerprint density at radius 2 is 1.90 bits per heavy atom. The van der Waals surface area contributed by atoms with E-state index in [0.717, 1.165) is 37.7 Å². The Balaban J connectivity index is 2.76. The van der Waals surface area contributed by atoms with E-state index in [0.29, 0.717) is 6.61 Å². The van der Waals surface area contributed by atoms with E-state index in [1.807, 2.05) is 13.0 Å². The number of nitrogens with one attached hydrogen (secondary N) is 1. The lowest BCUT2D eigenvalue weighted by atomic mass is 10.0. The van der Waals surface area contributed by atoms with Gasteiger partial charge in [0.15, 0.2) is 0 Å². The van der Waals surface area contributed by atoms with E-state index in [9.17, 15) is 14.7 Å². The summed E-state index contributed by atoms with van der Waals surface area (Å²) in [6.45, 7) is 4.42. The number of amides is 1. The number of hydrogen-bond acceptors (Lipinski definition) is 3. The highest BCUT2D eigenvalue weighted by Crippen LogP contribution is 2.19. The van der Waals surface area contributed by atoms with Crippen molar-refractivity contribution in [1.29, 1.82) is 0 Å². The zero-order chi connectivity index (χ0) is 15.7. The lowest BCUT2D eigenvalue weighted by Crippen LogP contribution is -2.16. The molecule has 0 saturated carbocycles. The first-order chi connectivity index (χ1) is 10.1. The van der Waals surface area contributed by atoms with Crippen molar-refractivity contribution in [2.75, 3.05) is 11.9 Å². The minimum absolute atomic E-state index is 0.0936. The Bertz CT molecular complexity index is 485. The maximum Gasteiger partial charge on any atom is 0.411 e. The third kappa shape index (κ3) is 5.85. The van der Waals surface area contributed by atoms with Crippen LogP contribution in [0.3, 0.4) is 0 Å². The summed E-state index contributed by atoms with van der Waals surface area (Å²) in [6.07, 6.45) is 3.98. The summed E-state index contributed by atoms with van der Waals surface area (Å²) in [6, 6.07) is 5.07. The summed E-state index contributed by atoms with van der Waals surface area (Å²) in [4.78, 5) is 22.9. The molecule has 0 aliphatic heterocycles. The lowest BCUT2D eigenvalue weighted by Gasteiger charge is -2.10. The molecule has 0 atom stereocenters. The van der Waals surface area contributed by atoms with Gasteiger partial charge in [0.25, 0.3) is 0 Å². The monoisotopic (exact) mass is 293 g/mol. The number of carbonyl (C=O) groups is 2. The molecule has 21 heavy (non-hydrogen) atoms. The van der Waals surface area contributed by atoms with Crippen LogP contribution in [0.15, 0.2) is 18.2 Å². The number of benzene rings is 1. The number of carboxylic acid groups (broad SMARTS) is 1.